The summed E-state index contributed by atoms with van der Waals surface area (Å²) < 4.78 is 27.6. The molecule has 102 valence electrons. The summed E-state index contributed by atoms with van der Waals surface area (Å²) in [6.07, 6.45) is 0.500. The minimum absolute atomic E-state index is 0.0728. The van der Waals surface area contributed by atoms with Crippen molar-refractivity contribution >= 4 is 47.6 Å². The van der Waals surface area contributed by atoms with Crippen LogP contribution in [0.3, 0.4) is 0 Å². The van der Waals surface area contributed by atoms with Crippen molar-refractivity contribution in [2.24, 2.45) is 0 Å². The summed E-state index contributed by atoms with van der Waals surface area (Å²) in [5, 5.41) is 9.05. The summed E-state index contributed by atoms with van der Waals surface area (Å²) in [6.45, 7) is 1.54. The predicted molar refractivity (Wildman–Crippen MR) is 77.7 cm³/mol. The summed E-state index contributed by atoms with van der Waals surface area (Å²) >= 11 is 6.35. The molecule has 5 nitrogen and oxygen atoms in total. The van der Waals surface area contributed by atoms with Crippen LogP contribution in [0.5, 0.6) is 0 Å². The van der Waals surface area contributed by atoms with E-state index in [-0.39, 0.29) is 11.5 Å². The van der Waals surface area contributed by atoms with Gasteiger partial charge in [-0.1, -0.05) is 6.92 Å². The smallest absolute Gasteiger partial charge is 0.243 e. The Hall–Kier alpha value is -0.150. The lowest BCUT2D eigenvalue weighted by Crippen LogP contribution is -2.37. The van der Waals surface area contributed by atoms with Crippen LogP contribution in [0.25, 0.3) is 0 Å². The second-order valence-electron chi connectivity index (χ2n) is 3.72. The van der Waals surface area contributed by atoms with Crippen molar-refractivity contribution in [1.29, 1.82) is 0 Å². The normalized spacial score (nSPS) is 13.6. The zero-order valence-electron chi connectivity index (χ0n) is 9.65. The third-order valence-electron chi connectivity index (χ3n) is 2.32. The molecule has 0 heterocycles. The molecule has 0 saturated carbocycles. The first-order chi connectivity index (χ1) is 8.31. The van der Waals surface area contributed by atoms with Crippen LogP contribution in [-0.2, 0) is 10.0 Å². The second-order valence-corrected chi connectivity index (χ2v) is 7.08. The molecular formula is C10H14Br2N2O3S. The molecule has 1 rings (SSSR count). The monoisotopic (exact) mass is 400 g/mol. The van der Waals surface area contributed by atoms with Crippen molar-refractivity contribution in [3.63, 3.8) is 0 Å². The molecule has 0 aliphatic carbocycles. The van der Waals surface area contributed by atoms with Crippen molar-refractivity contribution < 1.29 is 13.5 Å². The summed E-state index contributed by atoms with van der Waals surface area (Å²) in [7, 11) is -3.72. The van der Waals surface area contributed by atoms with Gasteiger partial charge in [0.25, 0.3) is 0 Å². The molecule has 8 heteroatoms. The van der Waals surface area contributed by atoms with Gasteiger partial charge in [-0.05, 0) is 50.4 Å². The highest BCUT2D eigenvalue weighted by Gasteiger charge is 2.24. The highest BCUT2D eigenvalue weighted by molar-refractivity contribution is 9.11. The van der Waals surface area contributed by atoms with Crippen molar-refractivity contribution in [2.75, 3.05) is 12.3 Å². The molecule has 0 unspecified atom stereocenters. The third-order valence-corrected chi connectivity index (χ3v) is 5.72. The van der Waals surface area contributed by atoms with E-state index >= 15 is 0 Å². The van der Waals surface area contributed by atoms with Crippen LogP contribution in [0.15, 0.2) is 26.0 Å². The molecule has 1 atom stereocenters. The Morgan fingerprint density at radius 1 is 1.39 bits per heavy atom. The number of anilines is 1. The summed E-state index contributed by atoms with van der Waals surface area (Å²) in [6, 6.07) is 2.52. The van der Waals surface area contributed by atoms with Crippen LogP contribution < -0.4 is 10.5 Å². The molecule has 0 spiro atoms. The molecule has 0 aliphatic rings. The number of nitrogens with one attached hydrogen (secondary N) is 1. The van der Waals surface area contributed by atoms with Crippen molar-refractivity contribution in [3.8, 4) is 0 Å². The lowest BCUT2D eigenvalue weighted by atomic mass is 10.3. The molecule has 0 radical (unpaired) electrons. The van der Waals surface area contributed by atoms with Gasteiger partial charge in [-0.15, -0.1) is 0 Å². The van der Waals surface area contributed by atoms with Crippen LogP contribution in [-0.4, -0.2) is 26.2 Å². The average molecular weight is 402 g/mol. The Kier molecular flexibility index (Phi) is 5.60. The maximum absolute atomic E-state index is 12.2. The summed E-state index contributed by atoms with van der Waals surface area (Å²) in [5.41, 5.74) is 6.06. The molecular weight excluding hydrogens is 388 g/mol. The van der Waals surface area contributed by atoms with Gasteiger partial charge in [0.15, 0.2) is 0 Å². The number of rotatable bonds is 5. The van der Waals surface area contributed by atoms with Crippen molar-refractivity contribution in [3.05, 3.63) is 21.1 Å². The van der Waals surface area contributed by atoms with Crippen molar-refractivity contribution in [2.45, 2.75) is 24.3 Å². The minimum atomic E-state index is -3.72. The Morgan fingerprint density at radius 2 is 1.89 bits per heavy atom. The second kappa shape index (κ2) is 6.33. The molecule has 1 aromatic rings. The Labute approximate surface area is 123 Å². The van der Waals surface area contributed by atoms with Gasteiger partial charge < -0.3 is 10.8 Å². The molecule has 0 aromatic heterocycles. The van der Waals surface area contributed by atoms with E-state index in [0.29, 0.717) is 21.1 Å². The summed E-state index contributed by atoms with van der Waals surface area (Å²) in [4.78, 5) is 0.0728. The van der Waals surface area contributed by atoms with E-state index in [0.717, 1.165) is 0 Å². The lowest BCUT2D eigenvalue weighted by molar-refractivity contribution is 0.254. The highest BCUT2D eigenvalue weighted by atomic mass is 79.9. The van der Waals surface area contributed by atoms with Crippen LogP contribution >= 0.6 is 31.9 Å². The fourth-order valence-corrected chi connectivity index (χ4v) is 5.29. The van der Waals surface area contributed by atoms with E-state index in [4.69, 9.17) is 10.8 Å². The molecule has 18 heavy (non-hydrogen) atoms. The fraction of sp³-hybridized carbons (Fsp3) is 0.400. The number of hydrogen-bond acceptors (Lipinski definition) is 4. The number of halogens is 2. The van der Waals surface area contributed by atoms with E-state index in [1.165, 1.54) is 12.1 Å². The number of hydrogen-bond donors (Lipinski definition) is 3. The quantitative estimate of drug-likeness (QED) is 0.656. The van der Waals surface area contributed by atoms with Gasteiger partial charge in [-0.25, -0.2) is 13.1 Å². The van der Waals surface area contributed by atoms with Crippen LogP contribution in [0.4, 0.5) is 5.69 Å². The standard InChI is InChI=1S/C10H14Br2N2O3S/c1-2-7(5-15)14-18(16,17)10-8(11)3-6(13)4-9(10)12/h3-4,7,14-15H,2,5,13H2,1H3/t7-/m1/s1. The van der Waals surface area contributed by atoms with Gasteiger partial charge >= 0.3 is 0 Å². The maximum Gasteiger partial charge on any atom is 0.243 e. The number of sulfonamides is 1. The molecule has 0 fully saturated rings. The Bertz CT molecular complexity index is 507. The van der Waals surface area contributed by atoms with Gasteiger partial charge in [-0.2, -0.15) is 0 Å². The van der Waals surface area contributed by atoms with E-state index < -0.39 is 16.1 Å². The first-order valence-corrected chi connectivity index (χ1v) is 8.26. The zero-order chi connectivity index (χ0) is 13.9. The number of aliphatic hydroxyl groups excluding tert-OH is 1. The molecule has 4 N–H and O–H groups in total. The third kappa shape index (κ3) is 3.67. The van der Waals surface area contributed by atoms with Gasteiger partial charge in [-0.3, -0.25) is 0 Å². The van der Waals surface area contributed by atoms with Crippen molar-refractivity contribution in [1.82, 2.24) is 4.72 Å². The van der Waals surface area contributed by atoms with Gasteiger partial charge in [0.1, 0.15) is 4.90 Å². The molecule has 1 aromatic carbocycles. The van der Waals surface area contributed by atoms with Crippen LogP contribution in [0, 0.1) is 0 Å². The fourth-order valence-electron chi connectivity index (χ4n) is 1.36. The van der Waals surface area contributed by atoms with E-state index in [1.54, 1.807) is 6.92 Å². The number of benzene rings is 1. The Morgan fingerprint density at radius 3 is 2.28 bits per heavy atom. The predicted octanol–water partition coefficient (Wildman–Crippen LogP) is 1.84. The molecule has 0 amide bonds. The molecule has 0 aliphatic heterocycles. The largest absolute Gasteiger partial charge is 0.399 e. The minimum Gasteiger partial charge on any atom is -0.399 e. The number of aliphatic hydroxyl groups is 1. The lowest BCUT2D eigenvalue weighted by Gasteiger charge is -2.16. The summed E-state index contributed by atoms with van der Waals surface area (Å²) in [5.74, 6) is 0. The number of nitrogens with two attached hydrogens (primary N) is 1. The van der Waals surface area contributed by atoms with E-state index in [9.17, 15) is 8.42 Å². The first-order valence-electron chi connectivity index (χ1n) is 5.19. The first kappa shape index (κ1) is 15.9. The van der Waals surface area contributed by atoms with Gasteiger partial charge in [0, 0.05) is 20.7 Å². The highest BCUT2D eigenvalue weighted by Crippen LogP contribution is 2.32. The van der Waals surface area contributed by atoms with Gasteiger partial charge in [0.2, 0.25) is 10.0 Å². The van der Waals surface area contributed by atoms with E-state index in [1.807, 2.05) is 0 Å². The molecule has 0 bridgehead atoms. The van der Waals surface area contributed by atoms with E-state index in [2.05, 4.69) is 36.6 Å². The maximum atomic E-state index is 12.2. The molecule has 0 saturated heterocycles. The Balaban J connectivity index is 3.21. The number of nitrogen functional groups attached to an aromatic ring is 1. The zero-order valence-corrected chi connectivity index (χ0v) is 13.6. The van der Waals surface area contributed by atoms with Gasteiger partial charge in [0.05, 0.1) is 6.61 Å². The topological polar surface area (TPSA) is 92.4 Å². The average Bonchev–Trinajstić information content (AvgIpc) is 2.23. The SMILES string of the molecule is CC[C@H](CO)NS(=O)(=O)c1c(Br)cc(N)cc1Br. The van der Waals surface area contributed by atoms with Crippen LogP contribution in [0.1, 0.15) is 13.3 Å². The van der Waals surface area contributed by atoms with Crippen LogP contribution in [0.2, 0.25) is 0 Å².